The predicted octanol–water partition coefficient (Wildman–Crippen LogP) is 5.18. The van der Waals surface area contributed by atoms with Crippen LogP contribution < -0.4 is 4.74 Å². The summed E-state index contributed by atoms with van der Waals surface area (Å²) in [6.45, 7) is 4.02. The molecule has 1 aliphatic heterocycles. The van der Waals surface area contributed by atoms with Gasteiger partial charge in [-0.15, -0.1) is 0 Å². The molecule has 1 fully saturated rings. The topological polar surface area (TPSA) is 58.7 Å². The first-order valence-electron chi connectivity index (χ1n) is 10.4. The Labute approximate surface area is 172 Å². The van der Waals surface area contributed by atoms with Gasteiger partial charge in [0.15, 0.2) is 0 Å². The van der Waals surface area contributed by atoms with Crippen molar-refractivity contribution in [3.8, 4) is 23.0 Å². The normalized spacial score (nSPS) is 17.4. The van der Waals surface area contributed by atoms with Crippen LogP contribution in [0.2, 0.25) is 0 Å². The first-order valence-corrected chi connectivity index (χ1v) is 10.4. The van der Waals surface area contributed by atoms with E-state index < -0.39 is 0 Å². The minimum atomic E-state index is 0.235. The average molecular weight is 392 g/mol. The molecule has 3 aromatic rings. The van der Waals surface area contributed by atoms with Gasteiger partial charge in [-0.25, -0.2) is 4.98 Å². The Morgan fingerprint density at radius 1 is 1.10 bits per heavy atom. The third-order valence-electron chi connectivity index (χ3n) is 5.52. The van der Waals surface area contributed by atoms with Gasteiger partial charge in [0, 0.05) is 24.8 Å². The molecule has 1 N–H and O–H groups in total. The molecule has 2 heterocycles. The molecule has 0 radical (unpaired) electrons. The van der Waals surface area contributed by atoms with Crippen LogP contribution in [-0.2, 0) is 6.54 Å². The number of aromatic nitrogens is 1. The summed E-state index contributed by atoms with van der Waals surface area (Å²) < 4.78 is 11.9. The summed E-state index contributed by atoms with van der Waals surface area (Å²) >= 11 is 0. The van der Waals surface area contributed by atoms with E-state index in [0.717, 1.165) is 54.4 Å². The van der Waals surface area contributed by atoms with E-state index in [0.29, 0.717) is 11.9 Å². The van der Waals surface area contributed by atoms with Crippen LogP contribution in [0.1, 0.15) is 37.1 Å². The van der Waals surface area contributed by atoms with Gasteiger partial charge >= 0.3 is 0 Å². The molecule has 5 heteroatoms. The maximum atomic E-state index is 9.37. The number of nitrogens with zero attached hydrogens (tertiary/aromatic N) is 2. The number of piperidine rings is 1. The molecule has 0 spiro atoms. The van der Waals surface area contributed by atoms with E-state index in [1.165, 1.54) is 12.8 Å². The number of aryl methyl sites for hydroxylation is 1. The predicted molar refractivity (Wildman–Crippen MR) is 113 cm³/mol. The summed E-state index contributed by atoms with van der Waals surface area (Å²) in [6, 6.07) is 18.0. The van der Waals surface area contributed by atoms with E-state index in [-0.39, 0.29) is 6.61 Å². The van der Waals surface area contributed by atoms with Crippen molar-refractivity contribution in [2.24, 2.45) is 0 Å². The van der Waals surface area contributed by atoms with Crippen LogP contribution in [0.5, 0.6) is 11.5 Å². The maximum Gasteiger partial charge on any atom is 0.226 e. The van der Waals surface area contributed by atoms with E-state index in [2.05, 4.69) is 4.90 Å². The number of benzene rings is 2. The molecular weight excluding hydrogens is 364 g/mol. The van der Waals surface area contributed by atoms with Crippen LogP contribution in [0.3, 0.4) is 0 Å². The minimum Gasteiger partial charge on any atom is -0.457 e. The van der Waals surface area contributed by atoms with Crippen LogP contribution in [-0.4, -0.2) is 34.2 Å². The monoisotopic (exact) mass is 392 g/mol. The van der Waals surface area contributed by atoms with Gasteiger partial charge in [-0.2, -0.15) is 0 Å². The van der Waals surface area contributed by atoms with Gasteiger partial charge in [-0.05, 0) is 63.1 Å². The molecule has 1 aromatic heterocycles. The van der Waals surface area contributed by atoms with Crippen molar-refractivity contribution in [2.75, 3.05) is 13.2 Å². The molecule has 5 nitrogen and oxygen atoms in total. The summed E-state index contributed by atoms with van der Waals surface area (Å²) in [4.78, 5) is 7.22. The zero-order valence-corrected chi connectivity index (χ0v) is 16.9. The number of rotatable bonds is 7. The number of aliphatic hydroxyl groups excluding tert-OH is 1. The molecule has 152 valence electrons. The fourth-order valence-corrected chi connectivity index (χ4v) is 3.95. The second kappa shape index (κ2) is 9.25. The fourth-order valence-electron chi connectivity index (χ4n) is 3.95. The van der Waals surface area contributed by atoms with Crippen LogP contribution in [0.4, 0.5) is 0 Å². The van der Waals surface area contributed by atoms with Crippen LogP contribution in [0, 0.1) is 6.92 Å². The number of aliphatic hydroxyl groups is 1. The Kier molecular flexibility index (Phi) is 6.27. The highest BCUT2D eigenvalue weighted by atomic mass is 16.5. The van der Waals surface area contributed by atoms with Crippen molar-refractivity contribution in [3.63, 3.8) is 0 Å². The van der Waals surface area contributed by atoms with Crippen LogP contribution >= 0.6 is 0 Å². The first-order chi connectivity index (χ1) is 14.2. The average Bonchev–Trinajstić information content (AvgIpc) is 3.11. The molecule has 1 unspecified atom stereocenters. The Morgan fingerprint density at radius 3 is 2.76 bits per heavy atom. The molecule has 0 aliphatic carbocycles. The van der Waals surface area contributed by atoms with Crippen molar-refractivity contribution in [1.29, 1.82) is 0 Å². The zero-order chi connectivity index (χ0) is 20.1. The lowest BCUT2D eigenvalue weighted by atomic mass is 9.99. The van der Waals surface area contributed by atoms with Gasteiger partial charge in [0.1, 0.15) is 17.3 Å². The van der Waals surface area contributed by atoms with Crippen LogP contribution in [0.15, 0.2) is 59.0 Å². The Bertz CT molecular complexity index is 921. The van der Waals surface area contributed by atoms with Crippen molar-refractivity contribution in [1.82, 2.24) is 9.88 Å². The number of likely N-dealkylation sites (tertiary alicyclic amines) is 1. The van der Waals surface area contributed by atoms with E-state index in [1.807, 2.05) is 61.5 Å². The first kappa shape index (κ1) is 19.7. The minimum absolute atomic E-state index is 0.235. The number of hydrogen-bond acceptors (Lipinski definition) is 5. The summed E-state index contributed by atoms with van der Waals surface area (Å²) in [6.07, 6.45) is 4.40. The summed E-state index contributed by atoms with van der Waals surface area (Å²) in [7, 11) is 0. The highest BCUT2D eigenvalue weighted by molar-refractivity contribution is 5.57. The van der Waals surface area contributed by atoms with E-state index in [1.54, 1.807) is 0 Å². The molecule has 29 heavy (non-hydrogen) atoms. The molecule has 0 bridgehead atoms. The number of hydrogen-bond donors (Lipinski definition) is 1. The lowest BCUT2D eigenvalue weighted by Gasteiger charge is -2.35. The van der Waals surface area contributed by atoms with E-state index in [9.17, 15) is 5.11 Å². The fraction of sp³-hybridized carbons (Fsp3) is 0.375. The molecule has 0 amide bonds. The molecule has 1 saturated heterocycles. The molecule has 2 aromatic carbocycles. The number of ether oxygens (including phenoxy) is 1. The van der Waals surface area contributed by atoms with E-state index >= 15 is 0 Å². The van der Waals surface area contributed by atoms with Gasteiger partial charge in [0.25, 0.3) is 0 Å². The highest BCUT2D eigenvalue weighted by Crippen LogP contribution is 2.29. The second-order valence-corrected chi connectivity index (χ2v) is 7.60. The van der Waals surface area contributed by atoms with Gasteiger partial charge in [0.2, 0.25) is 5.89 Å². The molecule has 0 saturated carbocycles. The van der Waals surface area contributed by atoms with Crippen molar-refractivity contribution >= 4 is 0 Å². The third-order valence-corrected chi connectivity index (χ3v) is 5.52. The van der Waals surface area contributed by atoms with Gasteiger partial charge in [-0.3, -0.25) is 4.90 Å². The van der Waals surface area contributed by atoms with Crippen molar-refractivity contribution in [3.05, 3.63) is 66.1 Å². The highest BCUT2D eigenvalue weighted by Gasteiger charge is 2.24. The van der Waals surface area contributed by atoms with Crippen LogP contribution in [0.25, 0.3) is 11.5 Å². The maximum absolute atomic E-state index is 9.37. The van der Waals surface area contributed by atoms with Gasteiger partial charge < -0.3 is 14.3 Å². The molecule has 1 atom stereocenters. The lowest BCUT2D eigenvalue weighted by molar-refractivity contribution is 0.111. The quantitative estimate of drug-likeness (QED) is 0.600. The summed E-state index contributed by atoms with van der Waals surface area (Å²) in [5.41, 5.74) is 1.87. The summed E-state index contributed by atoms with van der Waals surface area (Å²) in [5.74, 6) is 3.02. The van der Waals surface area contributed by atoms with Gasteiger partial charge in [-0.1, -0.05) is 30.7 Å². The third kappa shape index (κ3) is 4.86. The van der Waals surface area contributed by atoms with Crippen molar-refractivity contribution < 1.29 is 14.3 Å². The zero-order valence-electron chi connectivity index (χ0n) is 16.9. The Balaban J connectivity index is 1.51. The Hall–Kier alpha value is -2.63. The number of oxazole rings is 1. The number of para-hydroxylation sites is 1. The smallest absolute Gasteiger partial charge is 0.226 e. The SMILES string of the molecule is Cc1oc(-c2cccc(Oc3ccccc3)c2)nc1CN1CCCCC1CCO. The van der Waals surface area contributed by atoms with Gasteiger partial charge in [0.05, 0.1) is 5.69 Å². The molecule has 1 aliphatic rings. The second-order valence-electron chi connectivity index (χ2n) is 7.60. The molecular formula is C24H28N2O3. The molecule has 4 rings (SSSR count). The standard InChI is InChI=1S/C24H28N2O3/c1-18-23(17-26-14-6-5-9-20(26)13-15-27)25-24(28-18)19-8-7-12-22(16-19)29-21-10-3-2-4-11-21/h2-4,7-8,10-12,16,20,27H,5-6,9,13-15,17H2,1H3. The van der Waals surface area contributed by atoms with E-state index in [4.69, 9.17) is 14.1 Å². The largest absolute Gasteiger partial charge is 0.457 e. The summed E-state index contributed by atoms with van der Waals surface area (Å²) in [5, 5.41) is 9.37. The van der Waals surface area contributed by atoms with Crippen molar-refractivity contribution in [2.45, 2.75) is 45.2 Å². The lowest BCUT2D eigenvalue weighted by Crippen LogP contribution is -2.39. The Morgan fingerprint density at radius 2 is 1.93 bits per heavy atom.